The first-order chi connectivity index (χ1) is 7.72. The highest BCUT2D eigenvalue weighted by molar-refractivity contribution is 5.86. The third kappa shape index (κ3) is 1.84. The van der Waals surface area contributed by atoms with Crippen LogP contribution in [-0.2, 0) is 0 Å². The molecule has 2 rings (SSSR count). The summed E-state index contributed by atoms with van der Waals surface area (Å²) < 4.78 is 7.13. The molecule has 5 nitrogen and oxygen atoms in total. The number of carboxylic acid groups (broad SMARTS) is 1. The molecule has 0 amide bonds. The number of hydrogen-bond donors (Lipinski definition) is 1. The van der Waals surface area contributed by atoms with Crippen molar-refractivity contribution in [3.8, 4) is 5.75 Å². The summed E-state index contributed by atoms with van der Waals surface area (Å²) in [5.41, 5.74) is 0.556. The summed E-state index contributed by atoms with van der Waals surface area (Å²) in [5, 5.41) is 8.84. The second kappa shape index (κ2) is 4.22. The van der Waals surface area contributed by atoms with E-state index in [-0.39, 0.29) is 5.69 Å². The lowest BCUT2D eigenvalue weighted by atomic mass is 10.4. The van der Waals surface area contributed by atoms with Gasteiger partial charge in [0.05, 0.1) is 6.61 Å². The number of nitrogens with zero attached hydrogens (tertiary/aromatic N) is 2. The fourth-order valence-electron chi connectivity index (χ4n) is 1.41. The fourth-order valence-corrected chi connectivity index (χ4v) is 1.41. The molecule has 0 saturated carbocycles. The van der Waals surface area contributed by atoms with Crippen LogP contribution in [0.25, 0.3) is 5.65 Å². The number of fused-ring (bicyclic) bond motifs is 1. The maximum absolute atomic E-state index is 10.8. The number of ether oxygens (including phenoxy) is 1. The molecule has 16 heavy (non-hydrogen) atoms. The van der Waals surface area contributed by atoms with Crippen LogP contribution in [0.2, 0.25) is 0 Å². The van der Waals surface area contributed by atoms with E-state index >= 15 is 0 Å². The van der Waals surface area contributed by atoms with Crippen LogP contribution in [0.1, 0.15) is 23.8 Å². The average Bonchev–Trinajstić information content (AvgIpc) is 2.70. The SMILES string of the molecule is CCCOc1cccn2cc(C(=O)O)nc12. The molecule has 0 aliphatic rings. The number of carboxylic acids is 1. The minimum Gasteiger partial charge on any atom is -0.490 e. The maximum Gasteiger partial charge on any atom is 0.356 e. The van der Waals surface area contributed by atoms with Crippen LogP contribution in [0, 0.1) is 0 Å². The van der Waals surface area contributed by atoms with E-state index < -0.39 is 5.97 Å². The first kappa shape index (κ1) is 10.5. The van der Waals surface area contributed by atoms with Crippen molar-refractivity contribution in [1.82, 2.24) is 9.38 Å². The van der Waals surface area contributed by atoms with Crippen LogP contribution in [0.5, 0.6) is 5.75 Å². The van der Waals surface area contributed by atoms with Gasteiger partial charge in [-0.2, -0.15) is 0 Å². The minimum atomic E-state index is -1.04. The summed E-state index contributed by atoms with van der Waals surface area (Å²) in [6, 6.07) is 3.58. The molecular formula is C11H12N2O3. The lowest BCUT2D eigenvalue weighted by Crippen LogP contribution is -1.97. The Morgan fingerprint density at radius 2 is 2.44 bits per heavy atom. The number of rotatable bonds is 4. The van der Waals surface area contributed by atoms with Gasteiger partial charge in [-0.15, -0.1) is 0 Å². The van der Waals surface area contributed by atoms with Crippen LogP contribution < -0.4 is 4.74 Å². The molecule has 2 heterocycles. The van der Waals surface area contributed by atoms with E-state index in [1.54, 1.807) is 22.7 Å². The Balaban J connectivity index is 2.45. The van der Waals surface area contributed by atoms with Gasteiger partial charge in [-0.05, 0) is 18.6 Å². The molecule has 0 aliphatic carbocycles. The highest BCUT2D eigenvalue weighted by Gasteiger charge is 2.11. The molecule has 0 bridgehead atoms. The summed E-state index contributed by atoms with van der Waals surface area (Å²) >= 11 is 0. The highest BCUT2D eigenvalue weighted by Crippen LogP contribution is 2.19. The molecule has 0 aliphatic heterocycles. The Labute approximate surface area is 92.3 Å². The van der Waals surface area contributed by atoms with E-state index in [4.69, 9.17) is 9.84 Å². The number of imidazole rings is 1. The zero-order valence-electron chi connectivity index (χ0n) is 8.88. The van der Waals surface area contributed by atoms with E-state index in [0.717, 1.165) is 6.42 Å². The minimum absolute atomic E-state index is 0.0209. The smallest absolute Gasteiger partial charge is 0.356 e. The van der Waals surface area contributed by atoms with Gasteiger partial charge in [-0.1, -0.05) is 6.92 Å². The first-order valence-electron chi connectivity index (χ1n) is 5.06. The van der Waals surface area contributed by atoms with Crippen LogP contribution in [0.3, 0.4) is 0 Å². The molecule has 84 valence electrons. The van der Waals surface area contributed by atoms with E-state index in [1.807, 2.05) is 6.92 Å². The highest BCUT2D eigenvalue weighted by atomic mass is 16.5. The lowest BCUT2D eigenvalue weighted by molar-refractivity contribution is 0.0691. The van der Waals surface area contributed by atoms with Crippen molar-refractivity contribution in [1.29, 1.82) is 0 Å². The number of hydrogen-bond acceptors (Lipinski definition) is 3. The zero-order valence-corrected chi connectivity index (χ0v) is 8.88. The zero-order chi connectivity index (χ0) is 11.5. The Hall–Kier alpha value is -2.04. The van der Waals surface area contributed by atoms with Crippen molar-refractivity contribution in [2.45, 2.75) is 13.3 Å². The monoisotopic (exact) mass is 220 g/mol. The van der Waals surface area contributed by atoms with Gasteiger partial charge >= 0.3 is 5.97 Å². The first-order valence-corrected chi connectivity index (χ1v) is 5.06. The summed E-state index contributed by atoms with van der Waals surface area (Å²) in [4.78, 5) is 14.8. The van der Waals surface area contributed by atoms with Crippen LogP contribution in [-0.4, -0.2) is 27.1 Å². The fraction of sp³-hybridized carbons (Fsp3) is 0.273. The van der Waals surface area contributed by atoms with Gasteiger partial charge in [0.2, 0.25) is 0 Å². The number of carbonyl (C=O) groups is 1. The van der Waals surface area contributed by atoms with Gasteiger partial charge in [-0.25, -0.2) is 9.78 Å². The van der Waals surface area contributed by atoms with Crippen LogP contribution >= 0.6 is 0 Å². The molecule has 2 aromatic rings. The molecule has 0 spiro atoms. The molecule has 0 fully saturated rings. The topological polar surface area (TPSA) is 63.8 Å². The van der Waals surface area contributed by atoms with Crippen molar-refractivity contribution in [2.75, 3.05) is 6.61 Å². The predicted octanol–water partition coefficient (Wildman–Crippen LogP) is 1.82. The van der Waals surface area contributed by atoms with E-state index in [2.05, 4.69) is 4.98 Å². The molecule has 0 aromatic carbocycles. The molecular weight excluding hydrogens is 208 g/mol. The number of aromatic carboxylic acids is 1. The molecule has 0 unspecified atom stereocenters. The number of pyridine rings is 1. The Kier molecular flexibility index (Phi) is 2.76. The van der Waals surface area contributed by atoms with Crippen molar-refractivity contribution >= 4 is 11.6 Å². The molecule has 5 heteroatoms. The number of aromatic nitrogens is 2. The van der Waals surface area contributed by atoms with Crippen LogP contribution in [0.15, 0.2) is 24.5 Å². The van der Waals surface area contributed by atoms with Gasteiger partial charge < -0.3 is 14.2 Å². The summed E-state index contributed by atoms with van der Waals surface area (Å²) in [6.07, 6.45) is 4.11. The standard InChI is InChI=1S/C11H12N2O3/c1-2-6-16-9-4-3-5-13-7-8(11(14)15)12-10(9)13/h3-5,7H,2,6H2,1H3,(H,14,15). The quantitative estimate of drug-likeness (QED) is 0.853. The van der Waals surface area contributed by atoms with Crippen molar-refractivity contribution in [2.24, 2.45) is 0 Å². The second-order valence-corrected chi connectivity index (χ2v) is 3.38. The Bertz CT molecular complexity index is 519. The maximum atomic E-state index is 10.8. The van der Waals surface area contributed by atoms with Gasteiger partial charge in [0.25, 0.3) is 0 Å². The Morgan fingerprint density at radius 1 is 1.62 bits per heavy atom. The van der Waals surface area contributed by atoms with Gasteiger partial charge in [-0.3, -0.25) is 0 Å². The van der Waals surface area contributed by atoms with E-state index in [0.29, 0.717) is 18.0 Å². The van der Waals surface area contributed by atoms with E-state index in [9.17, 15) is 4.79 Å². The van der Waals surface area contributed by atoms with Crippen LogP contribution in [0.4, 0.5) is 0 Å². The normalized spacial score (nSPS) is 10.6. The van der Waals surface area contributed by atoms with Gasteiger partial charge in [0, 0.05) is 12.4 Å². The van der Waals surface area contributed by atoms with Gasteiger partial charge in [0.15, 0.2) is 17.1 Å². The third-order valence-corrected chi connectivity index (χ3v) is 2.13. The summed E-state index contributed by atoms with van der Waals surface area (Å²) in [7, 11) is 0. The van der Waals surface area contributed by atoms with Crippen molar-refractivity contribution in [3.63, 3.8) is 0 Å². The van der Waals surface area contributed by atoms with Crippen molar-refractivity contribution in [3.05, 3.63) is 30.2 Å². The molecule has 1 N–H and O–H groups in total. The largest absolute Gasteiger partial charge is 0.490 e. The molecule has 2 aromatic heterocycles. The molecule has 0 atom stereocenters. The van der Waals surface area contributed by atoms with E-state index in [1.165, 1.54) is 6.20 Å². The molecule has 0 radical (unpaired) electrons. The molecule has 0 saturated heterocycles. The lowest BCUT2D eigenvalue weighted by Gasteiger charge is -2.04. The average molecular weight is 220 g/mol. The third-order valence-electron chi connectivity index (χ3n) is 2.13. The summed E-state index contributed by atoms with van der Waals surface area (Å²) in [6.45, 7) is 2.60. The predicted molar refractivity (Wildman–Crippen MR) is 57.9 cm³/mol. The van der Waals surface area contributed by atoms with Gasteiger partial charge in [0.1, 0.15) is 0 Å². The van der Waals surface area contributed by atoms with Crippen molar-refractivity contribution < 1.29 is 14.6 Å². The Morgan fingerprint density at radius 3 is 3.12 bits per heavy atom. The second-order valence-electron chi connectivity index (χ2n) is 3.38. The summed E-state index contributed by atoms with van der Waals surface area (Å²) in [5.74, 6) is -0.429.